The van der Waals surface area contributed by atoms with E-state index in [1.54, 1.807) is 62.1 Å². The second kappa shape index (κ2) is 25.1. The van der Waals surface area contributed by atoms with Crippen LogP contribution in [-0.4, -0.2) is 97.5 Å². The maximum Gasteiger partial charge on any atom is 0.340 e. The number of fused-ring (bicyclic) bond motifs is 6. The molecule has 1 atom stereocenters. The van der Waals surface area contributed by atoms with Gasteiger partial charge in [0.2, 0.25) is 7.34 Å². The van der Waals surface area contributed by atoms with E-state index < -0.39 is 52.2 Å². The van der Waals surface area contributed by atoms with Crippen molar-refractivity contribution < 1.29 is 78.6 Å². The first-order chi connectivity index (χ1) is 35.2. The number of aromatic nitrogens is 1. The van der Waals surface area contributed by atoms with Crippen molar-refractivity contribution in [3.63, 3.8) is 0 Å². The molecule has 8 rings (SSSR count). The van der Waals surface area contributed by atoms with Gasteiger partial charge in [-0.05, 0) is 89.3 Å². The van der Waals surface area contributed by atoms with Gasteiger partial charge in [0.1, 0.15) is 17.2 Å². The van der Waals surface area contributed by atoms with Crippen molar-refractivity contribution in [3.8, 4) is 17.2 Å². The number of carboxylic acid groups (broad SMARTS) is 1. The van der Waals surface area contributed by atoms with Gasteiger partial charge in [0, 0.05) is 80.4 Å². The van der Waals surface area contributed by atoms with E-state index in [-0.39, 0.29) is 56.6 Å². The zero-order valence-corrected chi connectivity index (χ0v) is 41.3. The molecule has 4 N–H and O–H groups in total. The molecule has 1 aromatic heterocycles. The monoisotopic (exact) mass is 997 g/mol. The number of likely N-dealkylation sites (tertiary alicyclic amines) is 1. The lowest BCUT2D eigenvalue weighted by molar-refractivity contribution is -0.378. The van der Waals surface area contributed by atoms with E-state index in [0.717, 1.165) is 5.56 Å². The number of ether oxygens (including phenoxy) is 5. The molecule has 3 aromatic carbocycles. The molecular weight excluding hydrogens is 931 g/mol. The van der Waals surface area contributed by atoms with E-state index in [9.17, 15) is 38.4 Å². The summed E-state index contributed by atoms with van der Waals surface area (Å²) in [6.45, 7) is 8.58. The number of esters is 5. The molecule has 0 radical (unpaired) electrons. The number of aliphatic hydroxyl groups excluding tert-OH is 1. The minimum atomic E-state index is -1.36. The molecule has 2 saturated heterocycles. The first kappa shape index (κ1) is 52.4. The van der Waals surface area contributed by atoms with Gasteiger partial charge in [-0.3, -0.25) is 33.6 Å². The van der Waals surface area contributed by atoms with Crippen molar-refractivity contribution in [2.75, 3.05) is 33.4 Å². The highest BCUT2D eigenvalue weighted by Crippen LogP contribution is 2.57. The summed E-state index contributed by atoms with van der Waals surface area (Å²) in [4.78, 5) is 99.7. The maximum absolute atomic E-state index is 13.6. The molecule has 0 bridgehead atoms. The maximum atomic E-state index is 13.6. The number of rotatable bonds is 13. The van der Waals surface area contributed by atoms with Crippen molar-refractivity contribution in [1.29, 1.82) is 1.43 Å². The Morgan fingerprint density at radius 3 is 2.08 bits per heavy atom. The topological polar surface area (TPSA) is 253 Å². The number of aliphatic carboxylic acids is 1. The molecule has 2 amide bonds. The molecular formula is C54H64N3O15+. The molecule has 1 spiro atoms. The van der Waals surface area contributed by atoms with E-state index in [2.05, 4.69) is 20.1 Å². The van der Waals surface area contributed by atoms with E-state index in [0.29, 0.717) is 97.7 Å². The first-order valence-electron chi connectivity index (χ1n) is 24.8. The highest BCUT2D eigenvalue weighted by Gasteiger charge is 2.54. The zero-order valence-electron chi connectivity index (χ0n) is 43.3. The van der Waals surface area contributed by atoms with Crippen molar-refractivity contribution in [2.45, 2.75) is 104 Å². The van der Waals surface area contributed by atoms with Gasteiger partial charge in [0.25, 0.3) is 5.91 Å². The third-order valence-corrected chi connectivity index (χ3v) is 12.0. The molecule has 384 valence electrons. The number of H-pyrrole nitrogens is 1. The first-order valence-corrected chi connectivity index (χ1v) is 23.7. The average Bonchev–Trinajstić information content (AvgIpc) is 3.91. The SMILES string of the molecule is O=C1CCC(=O)O1.[2H]CC1(COC(=O)CCC(=O)O)CCN(C(=O)CCCCCNC(=O)c2ccc3c(c2)C(=O)OC32c3ccc(C)cc3Oc3cc(OC(=O)C(C)(C)C)ccc32)CC1.[3H]OC.c1cc[nH+]cc1. The van der Waals surface area contributed by atoms with Crippen LogP contribution >= 0.6 is 0 Å². The van der Waals surface area contributed by atoms with Crippen molar-refractivity contribution >= 4 is 47.6 Å². The van der Waals surface area contributed by atoms with Crippen LogP contribution in [-0.2, 0) is 48.6 Å². The van der Waals surface area contributed by atoms with E-state index >= 15 is 0 Å². The number of hydrogen-bond donors (Lipinski definition) is 3. The molecule has 18 heteroatoms. The predicted octanol–water partition coefficient (Wildman–Crippen LogP) is 6.80. The lowest BCUT2D eigenvalue weighted by atomic mass is 9.77. The summed E-state index contributed by atoms with van der Waals surface area (Å²) in [6.07, 6.45) is 7.13. The summed E-state index contributed by atoms with van der Waals surface area (Å²) in [6, 6.07) is 21.4. The van der Waals surface area contributed by atoms with Crippen LogP contribution < -0.4 is 19.8 Å². The normalized spacial score (nSPS) is 17.1. The van der Waals surface area contributed by atoms with E-state index in [1.807, 2.05) is 55.7 Å². The van der Waals surface area contributed by atoms with Gasteiger partial charge in [-0.25, -0.2) is 9.78 Å². The summed E-state index contributed by atoms with van der Waals surface area (Å²) in [7, 11) is 1.29. The molecule has 0 saturated carbocycles. The number of benzene rings is 3. The van der Waals surface area contributed by atoms with Crippen molar-refractivity contribution in [2.24, 2.45) is 10.8 Å². The van der Waals surface area contributed by atoms with Gasteiger partial charge in [-0.1, -0.05) is 37.6 Å². The van der Waals surface area contributed by atoms with Crippen LogP contribution in [0.3, 0.4) is 0 Å². The number of carboxylic acids is 1. The van der Waals surface area contributed by atoms with Gasteiger partial charge in [-0.15, -0.1) is 0 Å². The Labute approximate surface area is 421 Å². The summed E-state index contributed by atoms with van der Waals surface area (Å²) >= 11 is 0. The fourth-order valence-corrected chi connectivity index (χ4v) is 7.99. The molecule has 18 nitrogen and oxygen atoms in total. The molecule has 0 aliphatic carbocycles. The van der Waals surface area contributed by atoms with Gasteiger partial charge in [0.15, 0.2) is 18.0 Å². The zero-order chi connectivity index (χ0) is 54.1. The average molecular weight is 998 g/mol. The Kier molecular flexibility index (Phi) is 18.2. The second-order valence-corrected chi connectivity index (χ2v) is 18.7. The summed E-state index contributed by atoms with van der Waals surface area (Å²) in [5.41, 5.74) is 0.587. The molecule has 4 aliphatic heterocycles. The summed E-state index contributed by atoms with van der Waals surface area (Å²) < 4.78 is 41.3. The summed E-state index contributed by atoms with van der Waals surface area (Å²) in [5.74, 6) is -2.65. The molecule has 4 aliphatic rings. The quantitative estimate of drug-likeness (QED) is 0.0409. The number of unbranched alkanes of at least 4 members (excludes halogenated alkanes) is 2. The standard InChI is InChI=1S/C44H50N2O11.C5H5N.C4H4O3.CH4O/c1-27-10-13-32-34(23-27)56-35-25-29(55-41(53)42(2,3)4)12-15-33(35)44(32)31-14-11-28(24-30(31)40(52)57-44)39(51)45-20-8-6-7-9-36(47)46-21-18-43(5,19-22-46)26-54-38(50)17-16-37(48)49;1-2-4-6-5-3-1;5-3-1-2-4(6)7-3;1-2/h10-15,23-25H,6-9,16-22,26H2,1-5H3,(H,45,51)(H,48,49);1-5H;1-2H2;2H,1H3/p+1/i5D;;;2T. The highest BCUT2D eigenvalue weighted by molar-refractivity contribution is 6.01. The number of amides is 2. The second-order valence-electron chi connectivity index (χ2n) is 18.7. The van der Waals surface area contributed by atoms with Gasteiger partial charge in [-0.2, -0.15) is 0 Å². The summed E-state index contributed by atoms with van der Waals surface area (Å²) in [5, 5.41) is 15.2. The molecule has 4 aromatic rings. The highest BCUT2D eigenvalue weighted by atomic mass is 16.6. The van der Waals surface area contributed by atoms with Crippen LogP contribution in [0.5, 0.6) is 17.2 Å². The molecule has 72 heavy (non-hydrogen) atoms. The Morgan fingerprint density at radius 2 is 1.50 bits per heavy atom. The molecule has 5 heterocycles. The predicted molar refractivity (Wildman–Crippen MR) is 259 cm³/mol. The number of cyclic esters (lactones) is 2. The number of nitrogens with zero attached hydrogens (tertiary/aromatic N) is 1. The third-order valence-electron chi connectivity index (χ3n) is 12.0. The fourth-order valence-electron chi connectivity index (χ4n) is 7.99. The number of aliphatic hydroxyl groups is 1. The third kappa shape index (κ3) is 14.6. The Balaban J connectivity index is 0.000000541. The molecule has 1 unspecified atom stereocenters. The Bertz CT molecular complexity index is 2630. The largest absolute Gasteiger partial charge is 0.481 e. The lowest BCUT2D eigenvalue weighted by Crippen LogP contribution is -2.44. The lowest BCUT2D eigenvalue weighted by Gasteiger charge is -2.39. The van der Waals surface area contributed by atoms with Crippen LogP contribution in [0.25, 0.3) is 0 Å². The van der Waals surface area contributed by atoms with Crippen LogP contribution in [0.15, 0.2) is 85.2 Å². The van der Waals surface area contributed by atoms with Crippen LogP contribution in [0.2, 0.25) is 0 Å². The number of aromatic amines is 1. The van der Waals surface area contributed by atoms with Crippen molar-refractivity contribution in [3.05, 3.63) is 119 Å². The van der Waals surface area contributed by atoms with E-state index in [4.69, 9.17) is 26.9 Å². The number of aryl methyl sites for hydroxylation is 1. The minimum absolute atomic E-state index is 0.0122. The Morgan fingerprint density at radius 1 is 0.847 bits per heavy atom. The number of piperidine rings is 1. The van der Waals surface area contributed by atoms with E-state index in [1.165, 1.54) is 7.11 Å². The number of nitrogens with one attached hydrogen (secondary N) is 2. The number of carbonyl (C=O) groups excluding carboxylic acids is 7. The van der Waals surface area contributed by atoms with Gasteiger partial charge in [0.05, 0.1) is 43.3 Å². The van der Waals surface area contributed by atoms with Crippen molar-refractivity contribution in [1.82, 2.24) is 10.2 Å². The smallest absolute Gasteiger partial charge is 0.340 e. The van der Waals surface area contributed by atoms with Crippen LogP contribution in [0.4, 0.5) is 0 Å². The fraction of sp³-hybridized carbons (Fsp3) is 0.426. The number of carbonyl (C=O) groups is 8. The minimum Gasteiger partial charge on any atom is -0.481 e. The number of hydrogen-bond acceptors (Lipinski definition) is 14. The van der Waals surface area contributed by atoms with Gasteiger partial charge >= 0.3 is 35.8 Å². The van der Waals surface area contributed by atoms with Gasteiger partial charge < -0.3 is 44.1 Å². The Hall–Kier alpha value is -7.47. The number of pyridine rings is 1. The molecule has 2 fully saturated rings. The van der Waals surface area contributed by atoms with Crippen LogP contribution in [0, 0.1) is 17.8 Å². The van der Waals surface area contributed by atoms with Crippen LogP contribution in [0.1, 0.15) is 136 Å².